The fourth-order valence-electron chi connectivity index (χ4n) is 1.96. The van der Waals surface area contributed by atoms with Crippen molar-refractivity contribution in [3.05, 3.63) is 18.2 Å². The highest BCUT2D eigenvalue weighted by molar-refractivity contribution is 7.22. The second-order valence-corrected chi connectivity index (χ2v) is 5.91. The number of amides is 1. The average Bonchev–Trinajstić information content (AvgIpc) is 2.79. The molecule has 3 N–H and O–H groups in total. The van der Waals surface area contributed by atoms with Gasteiger partial charge in [0.15, 0.2) is 5.13 Å². The van der Waals surface area contributed by atoms with Crippen LogP contribution < -0.4 is 11.1 Å². The van der Waals surface area contributed by atoms with E-state index in [1.54, 1.807) is 13.2 Å². The van der Waals surface area contributed by atoms with Crippen molar-refractivity contribution in [1.82, 2.24) is 9.88 Å². The third-order valence-corrected chi connectivity index (χ3v) is 3.89. The second-order valence-electron chi connectivity index (χ2n) is 4.88. The number of nitrogens with zero attached hydrogens (tertiary/aromatic N) is 2. The normalized spacial score (nSPS) is 11.2. The molecular weight excluding hydrogens is 288 g/mol. The lowest BCUT2D eigenvalue weighted by Gasteiger charge is -2.15. The first-order valence-electron chi connectivity index (χ1n) is 6.72. The molecular formula is C14H20N4O2S. The predicted octanol–water partition coefficient (Wildman–Crippen LogP) is 1.79. The van der Waals surface area contributed by atoms with E-state index in [1.165, 1.54) is 11.3 Å². The molecule has 2 aromatic rings. The van der Waals surface area contributed by atoms with Crippen LogP contribution in [0.1, 0.15) is 6.42 Å². The fourth-order valence-corrected chi connectivity index (χ4v) is 2.89. The quantitative estimate of drug-likeness (QED) is 0.602. The lowest BCUT2D eigenvalue weighted by Crippen LogP contribution is -2.31. The largest absolute Gasteiger partial charge is 0.399 e. The van der Waals surface area contributed by atoms with Crippen molar-refractivity contribution < 1.29 is 9.53 Å². The summed E-state index contributed by atoms with van der Waals surface area (Å²) in [5.74, 6) is -0.0676. The van der Waals surface area contributed by atoms with Crippen LogP contribution in [0.15, 0.2) is 18.2 Å². The van der Waals surface area contributed by atoms with Crippen LogP contribution in [0.25, 0.3) is 10.2 Å². The molecule has 0 spiro atoms. The minimum absolute atomic E-state index is 0.0676. The predicted molar refractivity (Wildman–Crippen MR) is 86.7 cm³/mol. The summed E-state index contributed by atoms with van der Waals surface area (Å²) in [6, 6.07) is 5.52. The van der Waals surface area contributed by atoms with Gasteiger partial charge >= 0.3 is 0 Å². The van der Waals surface area contributed by atoms with E-state index in [4.69, 9.17) is 10.5 Å². The van der Waals surface area contributed by atoms with Gasteiger partial charge < -0.3 is 15.8 Å². The first-order chi connectivity index (χ1) is 10.1. The number of aromatic nitrogens is 1. The van der Waals surface area contributed by atoms with Gasteiger partial charge in [-0.05, 0) is 31.7 Å². The molecule has 0 aliphatic carbocycles. The third-order valence-electron chi connectivity index (χ3n) is 2.96. The first-order valence-corrected chi connectivity index (χ1v) is 7.53. The molecule has 0 aliphatic heterocycles. The summed E-state index contributed by atoms with van der Waals surface area (Å²) in [5, 5.41) is 3.43. The molecule has 7 heteroatoms. The number of hydrogen-bond acceptors (Lipinski definition) is 6. The third kappa shape index (κ3) is 4.66. The van der Waals surface area contributed by atoms with E-state index in [9.17, 15) is 4.79 Å². The summed E-state index contributed by atoms with van der Waals surface area (Å²) in [6.45, 7) is 1.85. The summed E-state index contributed by atoms with van der Waals surface area (Å²) in [4.78, 5) is 18.3. The van der Waals surface area contributed by atoms with Crippen LogP contribution in [0, 0.1) is 0 Å². The Hall–Kier alpha value is -1.70. The SMILES string of the molecule is COCCCN(C)CC(=O)Nc1nc2ccc(N)cc2s1. The van der Waals surface area contributed by atoms with Crippen molar-refractivity contribution in [3.8, 4) is 0 Å². The molecule has 0 atom stereocenters. The molecule has 0 radical (unpaired) electrons. The number of carbonyl (C=O) groups excluding carboxylic acids is 1. The van der Waals surface area contributed by atoms with Crippen LogP contribution in [0.3, 0.4) is 0 Å². The van der Waals surface area contributed by atoms with E-state index < -0.39 is 0 Å². The fraction of sp³-hybridized carbons (Fsp3) is 0.429. The molecule has 6 nitrogen and oxygen atoms in total. The molecule has 21 heavy (non-hydrogen) atoms. The summed E-state index contributed by atoms with van der Waals surface area (Å²) in [7, 11) is 3.58. The molecule has 114 valence electrons. The Morgan fingerprint density at radius 1 is 1.52 bits per heavy atom. The van der Waals surface area contributed by atoms with Crippen molar-refractivity contribution in [2.24, 2.45) is 0 Å². The standard InChI is InChI=1S/C14H20N4O2S/c1-18(6-3-7-20-2)9-13(19)17-14-16-11-5-4-10(15)8-12(11)21-14/h4-5,8H,3,6-7,9,15H2,1-2H3,(H,16,17,19). The molecule has 0 fully saturated rings. The summed E-state index contributed by atoms with van der Waals surface area (Å²) >= 11 is 1.43. The van der Waals surface area contributed by atoms with Crippen LogP contribution in [0.2, 0.25) is 0 Å². The Labute approximate surface area is 127 Å². The number of fused-ring (bicyclic) bond motifs is 1. The lowest BCUT2D eigenvalue weighted by atomic mass is 10.3. The van der Waals surface area contributed by atoms with Crippen LogP contribution in [0.4, 0.5) is 10.8 Å². The zero-order chi connectivity index (χ0) is 15.2. The summed E-state index contributed by atoms with van der Waals surface area (Å²) in [6.07, 6.45) is 0.903. The van der Waals surface area contributed by atoms with Gasteiger partial charge in [-0.2, -0.15) is 0 Å². The minimum Gasteiger partial charge on any atom is -0.399 e. The average molecular weight is 308 g/mol. The lowest BCUT2D eigenvalue weighted by molar-refractivity contribution is -0.117. The van der Waals surface area contributed by atoms with E-state index in [0.717, 1.165) is 23.2 Å². The zero-order valence-corrected chi connectivity index (χ0v) is 13.1. The van der Waals surface area contributed by atoms with Gasteiger partial charge in [-0.3, -0.25) is 9.69 Å². The zero-order valence-electron chi connectivity index (χ0n) is 12.3. The number of anilines is 2. The number of rotatable bonds is 7. The van der Waals surface area contributed by atoms with Gasteiger partial charge in [-0.1, -0.05) is 11.3 Å². The van der Waals surface area contributed by atoms with Crippen molar-refractivity contribution in [3.63, 3.8) is 0 Å². The van der Waals surface area contributed by atoms with Gasteiger partial charge in [0.1, 0.15) is 0 Å². The molecule has 1 aromatic heterocycles. The second kappa shape index (κ2) is 7.35. The van der Waals surface area contributed by atoms with E-state index in [1.807, 2.05) is 24.1 Å². The molecule has 0 saturated heterocycles. The van der Waals surface area contributed by atoms with Crippen LogP contribution in [-0.4, -0.2) is 49.6 Å². The van der Waals surface area contributed by atoms with Crippen molar-refractivity contribution in [1.29, 1.82) is 0 Å². The number of nitrogen functional groups attached to an aromatic ring is 1. The summed E-state index contributed by atoms with van der Waals surface area (Å²) < 4.78 is 5.96. The van der Waals surface area contributed by atoms with Crippen molar-refractivity contribution in [2.75, 3.05) is 44.9 Å². The number of nitrogens with one attached hydrogen (secondary N) is 1. The molecule has 1 aromatic carbocycles. The van der Waals surface area contributed by atoms with Gasteiger partial charge in [0.25, 0.3) is 0 Å². The number of hydrogen-bond donors (Lipinski definition) is 2. The highest BCUT2D eigenvalue weighted by Crippen LogP contribution is 2.27. The maximum Gasteiger partial charge on any atom is 0.240 e. The number of likely N-dealkylation sites (N-methyl/N-ethyl adjacent to an activating group) is 1. The van der Waals surface area contributed by atoms with E-state index in [2.05, 4.69) is 10.3 Å². The van der Waals surface area contributed by atoms with E-state index >= 15 is 0 Å². The number of ether oxygens (including phenoxy) is 1. The highest BCUT2D eigenvalue weighted by atomic mass is 32.1. The van der Waals surface area contributed by atoms with E-state index in [-0.39, 0.29) is 5.91 Å². The van der Waals surface area contributed by atoms with Gasteiger partial charge in [0, 0.05) is 25.9 Å². The topological polar surface area (TPSA) is 80.5 Å². The smallest absolute Gasteiger partial charge is 0.240 e. The summed E-state index contributed by atoms with van der Waals surface area (Å²) in [5.41, 5.74) is 7.27. The van der Waals surface area contributed by atoms with Gasteiger partial charge in [0.2, 0.25) is 5.91 Å². The monoisotopic (exact) mass is 308 g/mol. The molecule has 0 bridgehead atoms. The van der Waals surface area contributed by atoms with Gasteiger partial charge in [-0.25, -0.2) is 4.98 Å². The number of thiazole rings is 1. The van der Waals surface area contributed by atoms with Gasteiger partial charge in [0.05, 0.1) is 16.8 Å². The maximum atomic E-state index is 12.0. The number of nitrogens with two attached hydrogens (primary N) is 1. The maximum absolute atomic E-state index is 12.0. The van der Waals surface area contributed by atoms with Crippen LogP contribution in [0.5, 0.6) is 0 Å². The first kappa shape index (κ1) is 15.7. The molecule has 0 aliphatic rings. The molecule has 1 heterocycles. The number of benzene rings is 1. The number of methoxy groups -OCH3 is 1. The Morgan fingerprint density at radius 2 is 2.33 bits per heavy atom. The molecule has 0 saturated carbocycles. The van der Waals surface area contributed by atoms with E-state index in [0.29, 0.717) is 24.0 Å². The minimum atomic E-state index is -0.0676. The molecule has 0 unspecified atom stereocenters. The Balaban J connectivity index is 1.89. The van der Waals surface area contributed by atoms with Crippen molar-refractivity contribution >= 4 is 38.3 Å². The number of carbonyl (C=O) groups is 1. The van der Waals surface area contributed by atoms with Crippen LogP contribution in [-0.2, 0) is 9.53 Å². The Morgan fingerprint density at radius 3 is 3.10 bits per heavy atom. The molecule has 1 amide bonds. The van der Waals surface area contributed by atoms with Crippen molar-refractivity contribution in [2.45, 2.75) is 6.42 Å². The van der Waals surface area contributed by atoms with Gasteiger partial charge in [-0.15, -0.1) is 0 Å². The highest BCUT2D eigenvalue weighted by Gasteiger charge is 2.10. The van der Waals surface area contributed by atoms with Crippen LogP contribution >= 0.6 is 11.3 Å². The Bertz CT molecular complexity index is 614. The molecule has 2 rings (SSSR count). The Kier molecular flexibility index (Phi) is 5.49.